The summed E-state index contributed by atoms with van der Waals surface area (Å²) in [6.45, 7) is 7.67. The van der Waals surface area contributed by atoms with Gasteiger partial charge in [-0.05, 0) is 66.9 Å². The van der Waals surface area contributed by atoms with Crippen LogP contribution in [0.3, 0.4) is 0 Å². The Hall–Kier alpha value is -0.580. The van der Waals surface area contributed by atoms with Gasteiger partial charge in [-0.1, -0.05) is 6.07 Å². The van der Waals surface area contributed by atoms with Crippen LogP contribution in [0.15, 0.2) is 22.7 Å². The first-order valence-corrected chi connectivity index (χ1v) is 8.34. The number of nitrogens with zero attached hydrogens (tertiary/aromatic N) is 2. The van der Waals surface area contributed by atoms with Gasteiger partial charge < -0.3 is 10.0 Å². The molecule has 1 N–H and O–H groups in total. The Morgan fingerprint density at radius 1 is 1.35 bits per heavy atom. The fourth-order valence-electron chi connectivity index (χ4n) is 3.54. The van der Waals surface area contributed by atoms with Crippen LogP contribution in [0.2, 0.25) is 0 Å². The molecule has 20 heavy (non-hydrogen) atoms. The van der Waals surface area contributed by atoms with Crippen molar-refractivity contribution in [3.63, 3.8) is 0 Å². The zero-order valence-electron chi connectivity index (χ0n) is 12.2. The van der Waals surface area contributed by atoms with Gasteiger partial charge in [0.1, 0.15) is 0 Å². The maximum absolute atomic E-state index is 9.68. The number of fused-ring (bicyclic) bond motifs is 1. The van der Waals surface area contributed by atoms with E-state index in [1.807, 2.05) is 12.1 Å². The van der Waals surface area contributed by atoms with Crippen LogP contribution in [0.5, 0.6) is 0 Å². The highest BCUT2D eigenvalue weighted by Crippen LogP contribution is 2.34. The first-order valence-electron chi connectivity index (χ1n) is 7.54. The Labute approximate surface area is 129 Å². The van der Waals surface area contributed by atoms with Crippen molar-refractivity contribution < 1.29 is 5.11 Å². The quantitative estimate of drug-likeness (QED) is 0.897. The predicted octanol–water partition coefficient (Wildman–Crippen LogP) is 3.18. The molecule has 3 atom stereocenters. The normalized spacial score (nSPS) is 28.5. The third-order valence-corrected chi connectivity index (χ3v) is 5.34. The molecule has 0 saturated carbocycles. The summed E-state index contributed by atoms with van der Waals surface area (Å²) in [6, 6.07) is 7.49. The standard InChI is InChI=1S/C16H23BrN2O/c1-11-9-18-7-3-4-14(18)10-19(11)16-6-5-13(12(2)20)8-15(16)17/h5-6,8,11-12,14,20H,3-4,7,9-10H2,1-2H3/t11?,12-,14?/m1/s1. The number of aliphatic hydroxyl groups is 1. The van der Waals surface area contributed by atoms with Crippen LogP contribution in [0, 0.1) is 0 Å². The van der Waals surface area contributed by atoms with E-state index in [9.17, 15) is 5.11 Å². The van der Waals surface area contributed by atoms with Gasteiger partial charge in [0, 0.05) is 29.6 Å². The topological polar surface area (TPSA) is 26.7 Å². The SMILES string of the molecule is CC1CN2CCCC2CN1c1ccc([C@@H](C)O)cc1Br. The van der Waals surface area contributed by atoms with Crippen LogP contribution < -0.4 is 4.90 Å². The second-order valence-electron chi connectivity index (χ2n) is 6.18. The summed E-state index contributed by atoms with van der Waals surface area (Å²) in [6.07, 6.45) is 2.25. The Bertz CT molecular complexity index is 491. The van der Waals surface area contributed by atoms with E-state index in [1.54, 1.807) is 6.92 Å². The number of hydrogen-bond donors (Lipinski definition) is 1. The molecular formula is C16H23BrN2O. The van der Waals surface area contributed by atoms with Gasteiger partial charge in [0.2, 0.25) is 0 Å². The second kappa shape index (κ2) is 5.66. The van der Waals surface area contributed by atoms with Crippen molar-refractivity contribution >= 4 is 21.6 Å². The largest absolute Gasteiger partial charge is 0.389 e. The van der Waals surface area contributed by atoms with Crippen LogP contribution in [-0.4, -0.2) is 41.7 Å². The summed E-state index contributed by atoms with van der Waals surface area (Å²) >= 11 is 3.68. The molecule has 3 rings (SSSR count). The van der Waals surface area contributed by atoms with Crippen molar-refractivity contribution in [3.8, 4) is 0 Å². The molecule has 2 saturated heterocycles. The van der Waals surface area contributed by atoms with Crippen molar-refractivity contribution in [2.75, 3.05) is 24.5 Å². The van der Waals surface area contributed by atoms with E-state index >= 15 is 0 Å². The molecule has 0 radical (unpaired) electrons. The molecule has 2 aliphatic rings. The molecule has 3 nitrogen and oxygen atoms in total. The van der Waals surface area contributed by atoms with Gasteiger partial charge in [0.15, 0.2) is 0 Å². The smallest absolute Gasteiger partial charge is 0.0762 e. The Morgan fingerprint density at radius 3 is 2.85 bits per heavy atom. The lowest BCUT2D eigenvalue weighted by Gasteiger charge is -2.44. The van der Waals surface area contributed by atoms with Crippen LogP contribution in [0.1, 0.15) is 38.4 Å². The van der Waals surface area contributed by atoms with E-state index < -0.39 is 6.10 Å². The molecule has 2 heterocycles. The molecule has 2 unspecified atom stereocenters. The molecule has 1 aromatic carbocycles. The van der Waals surface area contributed by atoms with Crippen molar-refractivity contribution in [1.29, 1.82) is 0 Å². The summed E-state index contributed by atoms with van der Waals surface area (Å²) in [5.74, 6) is 0. The first kappa shape index (κ1) is 14.4. The summed E-state index contributed by atoms with van der Waals surface area (Å²) in [5.41, 5.74) is 2.22. The third kappa shape index (κ3) is 2.61. The summed E-state index contributed by atoms with van der Waals surface area (Å²) in [7, 11) is 0. The fraction of sp³-hybridized carbons (Fsp3) is 0.625. The molecule has 0 bridgehead atoms. The van der Waals surface area contributed by atoms with E-state index in [-0.39, 0.29) is 0 Å². The van der Waals surface area contributed by atoms with Gasteiger partial charge in [-0.15, -0.1) is 0 Å². The molecule has 2 fully saturated rings. The van der Waals surface area contributed by atoms with Crippen LogP contribution in [0.4, 0.5) is 5.69 Å². The Morgan fingerprint density at radius 2 is 2.15 bits per heavy atom. The number of halogens is 1. The van der Waals surface area contributed by atoms with Crippen LogP contribution in [0.25, 0.3) is 0 Å². The number of hydrogen-bond acceptors (Lipinski definition) is 3. The Balaban J connectivity index is 1.84. The minimum Gasteiger partial charge on any atom is -0.389 e. The van der Waals surface area contributed by atoms with E-state index in [0.717, 1.165) is 29.2 Å². The van der Waals surface area contributed by atoms with E-state index in [0.29, 0.717) is 6.04 Å². The molecule has 0 aromatic heterocycles. The maximum atomic E-state index is 9.68. The van der Waals surface area contributed by atoms with E-state index in [4.69, 9.17) is 0 Å². The minimum atomic E-state index is -0.413. The zero-order chi connectivity index (χ0) is 14.3. The highest BCUT2D eigenvalue weighted by atomic mass is 79.9. The molecule has 0 amide bonds. The number of benzene rings is 1. The van der Waals surface area contributed by atoms with Gasteiger partial charge >= 0.3 is 0 Å². The monoisotopic (exact) mass is 338 g/mol. The number of anilines is 1. The van der Waals surface area contributed by atoms with Crippen molar-refractivity contribution in [2.24, 2.45) is 0 Å². The van der Waals surface area contributed by atoms with Gasteiger partial charge in [-0.3, -0.25) is 4.90 Å². The van der Waals surface area contributed by atoms with Gasteiger partial charge in [-0.2, -0.15) is 0 Å². The lowest BCUT2D eigenvalue weighted by Crippen LogP contribution is -2.55. The first-order chi connectivity index (χ1) is 9.56. The average molecular weight is 339 g/mol. The minimum absolute atomic E-state index is 0.413. The number of rotatable bonds is 2. The highest BCUT2D eigenvalue weighted by Gasteiger charge is 2.34. The van der Waals surface area contributed by atoms with Crippen molar-refractivity contribution in [1.82, 2.24) is 4.90 Å². The van der Waals surface area contributed by atoms with E-state index in [1.165, 1.54) is 25.1 Å². The predicted molar refractivity (Wildman–Crippen MR) is 86.2 cm³/mol. The molecule has 2 aliphatic heterocycles. The highest BCUT2D eigenvalue weighted by molar-refractivity contribution is 9.10. The maximum Gasteiger partial charge on any atom is 0.0762 e. The molecular weight excluding hydrogens is 316 g/mol. The summed E-state index contributed by atoms with van der Waals surface area (Å²) < 4.78 is 1.09. The Kier molecular flexibility index (Phi) is 4.07. The molecule has 4 heteroatoms. The lowest BCUT2D eigenvalue weighted by atomic mass is 10.1. The fourth-order valence-corrected chi connectivity index (χ4v) is 4.16. The number of aliphatic hydroxyl groups excluding tert-OH is 1. The number of piperazine rings is 1. The zero-order valence-corrected chi connectivity index (χ0v) is 13.8. The molecule has 0 spiro atoms. The van der Waals surface area contributed by atoms with E-state index in [2.05, 4.69) is 38.7 Å². The molecule has 110 valence electrons. The second-order valence-corrected chi connectivity index (χ2v) is 7.03. The van der Waals surface area contributed by atoms with Crippen molar-refractivity contribution in [3.05, 3.63) is 28.2 Å². The average Bonchev–Trinajstić information content (AvgIpc) is 2.84. The molecule has 0 aliphatic carbocycles. The third-order valence-electron chi connectivity index (χ3n) is 4.70. The summed E-state index contributed by atoms with van der Waals surface area (Å²) in [4.78, 5) is 5.15. The summed E-state index contributed by atoms with van der Waals surface area (Å²) in [5, 5.41) is 9.68. The lowest BCUT2D eigenvalue weighted by molar-refractivity contribution is 0.198. The van der Waals surface area contributed by atoms with Gasteiger partial charge in [-0.25, -0.2) is 0 Å². The van der Waals surface area contributed by atoms with Crippen LogP contribution >= 0.6 is 15.9 Å². The van der Waals surface area contributed by atoms with Gasteiger partial charge in [0.05, 0.1) is 11.8 Å². The van der Waals surface area contributed by atoms with Gasteiger partial charge in [0.25, 0.3) is 0 Å². The van der Waals surface area contributed by atoms with Crippen molar-refractivity contribution in [2.45, 2.75) is 44.9 Å². The molecule has 1 aromatic rings. The van der Waals surface area contributed by atoms with Crippen LogP contribution in [-0.2, 0) is 0 Å².